The molecule has 1 saturated carbocycles. The summed E-state index contributed by atoms with van der Waals surface area (Å²) in [5, 5.41) is 21.1. The molecule has 1 fully saturated rings. The van der Waals surface area contributed by atoms with E-state index in [1.165, 1.54) is 12.8 Å². The molecule has 110 valence electrons. The number of rotatable bonds is 5. The lowest BCUT2D eigenvalue weighted by Crippen LogP contribution is -2.27. The molecule has 0 saturated heterocycles. The van der Waals surface area contributed by atoms with Gasteiger partial charge in [0.1, 0.15) is 11.4 Å². The molecule has 0 spiro atoms. The summed E-state index contributed by atoms with van der Waals surface area (Å²) >= 11 is 0. The van der Waals surface area contributed by atoms with Gasteiger partial charge in [-0.2, -0.15) is 0 Å². The van der Waals surface area contributed by atoms with Crippen LogP contribution in [0.15, 0.2) is 48.5 Å². The Kier molecular flexibility index (Phi) is 3.73. The molecule has 21 heavy (non-hydrogen) atoms. The lowest BCUT2D eigenvalue weighted by Gasteiger charge is -2.30. The average Bonchev–Trinajstić information content (AvgIpc) is 3.29. The maximum Gasteiger partial charge on any atom is 0.115 e. The zero-order valence-corrected chi connectivity index (χ0v) is 12.4. The van der Waals surface area contributed by atoms with Crippen molar-refractivity contribution in [1.29, 1.82) is 0 Å². The maximum atomic E-state index is 11.4. The summed E-state index contributed by atoms with van der Waals surface area (Å²) in [5.74, 6) is 0.962. The van der Waals surface area contributed by atoms with E-state index in [2.05, 4.69) is 0 Å². The van der Waals surface area contributed by atoms with E-state index in [0.717, 1.165) is 29.0 Å². The summed E-state index contributed by atoms with van der Waals surface area (Å²) in [5.41, 5.74) is 1.80. The molecule has 1 aliphatic carbocycles. The Labute approximate surface area is 126 Å². The number of phenolic OH excluding ortho intramolecular Hbond substituents is 1. The molecule has 2 nitrogen and oxygen atoms in total. The number of benzene rings is 2. The lowest BCUT2D eigenvalue weighted by atomic mass is 9.81. The van der Waals surface area contributed by atoms with Crippen molar-refractivity contribution in [3.8, 4) is 5.75 Å². The van der Waals surface area contributed by atoms with Crippen molar-refractivity contribution in [2.24, 2.45) is 5.92 Å². The SMILES string of the molecule is Cc1cccc(C(O)(CCC2CC2)c2cccc(O)c2)c1. The summed E-state index contributed by atoms with van der Waals surface area (Å²) in [6.45, 7) is 2.03. The first kappa shape index (κ1) is 14.2. The highest BCUT2D eigenvalue weighted by atomic mass is 16.3. The smallest absolute Gasteiger partial charge is 0.115 e. The standard InChI is InChI=1S/C19H22O2/c1-14-4-2-5-16(12-14)19(21,11-10-15-8-9-15)17-6-3-7-18(20)13-17/h2-7,12-13,15,20-21H,8-11H2,1H3. The van der Waals surface area contributed by atoms with Crippen molar-refractivity contribution in [3.05, 3.63) is 65.2 Å². The molecular weight excluding hydrogens is 260 g/mol. The number of aliphatic hydroxyl groups is 1. The van der Waals surface area contributed by atoms with Gasteiger partial charge in [-0.25, -0.2) is 0 Å². The summed E-state index contributed by atoms with van der Waals surface area (Å²) < 4.78 is 0. The summed E-state index contributed by atoms with van der Waals surface area (Å²) in [7, 11) is 0. The minimum absolute atomic E-state index is 0.199. The summed E-state index contributed by atoms with van der Waals surface area (Å²) in [4.78, 5) is 0. The quantitative estimate of drug-likeness (QED) is 0.865. The van der Waals surface area contributed by atoms with E-state index in [9.17, 15) is 10.2 Å². The Balaban J connectivity index is 2.00. The zero-order chi connectivity index (χ0) is 14.9. The molecule has 0 radical (unpaired) electrons. The Morgan fingerprint density at radius 1 is 1.05 bits per heavy atom. The Hall–Kier alpha value is -1.80. The third-order valence-corrected chi connectivity index (χ3v) is 4.43. The van der Waals surface area contributed by atoms with Crippen LogP contribution in [0, 0.1) is 12.8 Å². The van der Waals surface area contributed by atoms with Crippen LogP contribution in [0.3, 0.4) is 0 Å². The molecule has 2 aromatic carbocycles. The van der Waals surface area contributed by atoms with Crippen LogP contribution >= 0.6 is 0 Å². The predicted octanol–water partition coefficient (Wildman–Crippen LogP) is 4.13. The van der Waals surface area contributed by atoms with Crippen LogP contribution in [0.5, 0.6) is 5.75 Å². The number of aryl methyl sites for hydroxylation is 1. The predicted molar refractivity (Wildman–Crippen MR) is 84.2 cm³/mol. The van der Waals surface area contributed by atoms with E-state index in [0.29, 0.717) is 6.42 Å². The van der Waals surface area contributed by atoms with E-state index in [1.807, 2.05) is 37.3 Å². The first-order valence-electron chi connectivity index (χ1n) is 7.67. The van der Waals surface area contributed by atoms with Crippen LogP contribution in [0.1, 0.15) is 42.4 Å². The largest absolute Gasteiger partial charge is 0.508 e. The zero-order valence-electron chi connectivity index (χ0n) is 12.4. The molecule has 0 amide bonds. The van der Waals surface area contributed by atoms with Crippen LogP contribution in [-0.2, 0) is 5.60 Å². The van der Waals surface area contributed by atoms with Crippen molar-refractivity contribution >= 4 is 0 Å². The van der Waals surface area contributed by atoms with Gasteiger partial charge in [0.05, 0.1) is 0 Å². The lowest BCUT2D eigenvalue weighted by molar-refractivity contribution is 0.0667. The van der Waals surface area contributed by atoms with Gasteiger partial charge in [0, 0.05) is 0 Å². The number of hydrogen-bond acceptors (Lipinski definition) is 2. The number of phenols is 1. The van der Waals surface area contributed by atoms with Crippen molar-refractivity contribution in [3.63, 3.8) is 0 Å². The van der Waals surface area contributed by atoms with Crippen molar-refractivity contribution < 1.29 is 10.2 Å². The van der Waals surface area contributed by atoms with Crippen LogP contribution in [0.2, 0.25) is 0 Å². The Morgan fingerprint density at radius 3 is 2.33 bits per heavy atom. The fraction of sp³-hybridized carbons (Fsp3) is 0.368. The fourth-order valence-corrected chi connectivity index (χ4v) is 2.94. The third kappa shape index (κ3) is 3.11. The molecule has 3 rings (SSSR count). The molecule has 2 N–H and O–H groups in total. The molecule has 0 bridgehead atoms. The highest BCUT2D eigenvalue weighted by Crippen LogP contribution is 2.41. The first-order valence-corrected chi connectivity index (χ1v) is 7.67. The molecule has 2 aromatic rings. The second kappa shape index (κ2) is 5.53. The van der Waals surface area contributed by atoms with Gasteiger partial charge in [-0.3, -0.25) is 0 Å². The average molecular weight is 282 g/mol. The fourth-order valence-electron chi connectivity index (χ4n) is 2.94. The van der Waals surface area contributed by atoms with E-state index in [4.69, 9.17) is 0 Å². The van der Waals surface area contributed by atoms with Gasteiger partial charge in [0.2, 0.25) is 0 Å². The van der Waals surface area contributed by atoms with Gasteiger partial charge in [0.15, 0.2) is 0 Å². The molecule has 1 atom stereocenters. The van der Waals surface area contributed by atoms with Crippen LogP contribution in [0.25, 0.3) is 0 Å². The van der Waals surface area contributed by atoms with Crippen molar-refractivity contribution in [1.82, 2.24) is 0 Å². The third-order valence-electron chi connectivity index (χ3n) is 4.43. The highest BCUT2D eigenvalue weighted by molar-refractivity contribution is 5.40. The molecule has 0 aromatic heterocycles. The van der Waals surface area contributed by atoms with Gasteiger partial charge in [-0.05, 0) is 48.9 Å². The maximum absolute atomic E-state index is 11.4. The van der Waals surface area contributed by atoms with Gasteiger partial charge < -0.3 is 10.2 Å². The molecule has 0 aliphatic heterocycles. The van der Waals surface area contributed by atoms with Crippen LogP contribution < -0.4 is 0 Å². The molecule has 2 heteroatoms. The number of hydrogen-bond donors (Lipinski definition) is 2. The van der Waals surface area contributed by atoms with Gasteiger partial charge >= 0.3 is 0 Å². The van der Waals surface area contributed by atoms with E-state index in [1.54, 1.807) is 18.2 Å². The second-order valence-corrected chi connectivity index (χ2v) is 6.26. The Bertz CT molecular complexity index is 583. The Morgan fingerprint density at radius 2 is 1.71 bits per heavy atom. The van der Waals surface area contributed by atoms with E-state index >= 15 is 0 Å². The minimum Gasteiger partial charge on any atom is -0.508 e. The monoisotopic (exact) mass is 282 g/mol. The van der Waals surface area contributed by atoms with Gasteiger partial charge in [-0.1, -0.05) is 54.8 Å². The van der Waals surface area contributed by atoms with Crippen molar-refractivity contribution in [2.75, 3.05) is 0 Å². The number of aromatic hydroxyl groups is 1. The molecule has 1 unspecified atom stereocenters. The van der Waals surface area contributed by atoms with Gasteiger partial charge in [-0.15, -0.1) is 0 Å². The highest BCUT2D eigenvalue weighted by Gasteiger charge is 2.34. The normalized spacial score (nSPS) is 17.4. The topological polar surface area (TPSA) is 40.5 Å². The van der Waals surface area contributed by atoms with Crippen LogP contribution in [0.4, 0.5) is 0 Å². The minimum atomic E-state index is -1.02. The molecular formula is C19H22O2. The van der Waals surface area contributed by atoms with E-state index < -0.39 is 5.60 Å². The summed E-state index contributed by atoms with van der Waals surface area (Å²) in [6.07, 6.45) is 4.29. The molecule has 0 heterocycles. The second-order valence-electron chi connectivity index (χ2n) is 6.26. The summed E-state index contributed by atoms with van der Waals surface area (Å²) in [6, 6.07) is 15.0. The molecule has 1 aliphatic rings. The van der Waals surface area contributed by atoms with Gasteiger partial charge in [0.25, 0.3) is 0 Å². The van der Waals surface area contributed by atoms with Crippen molar-refractivity contribution in [2.45, 2.75) is 38.2 Å². The van der Waals surface area contributed by atoms with Crippen LogP contribution in [-0.4, -0.2) is 10.2 Å². The van der Waals surface area contributed by atoms with E-state index in [-0.39, 0.29) is 5.75 Å². The first-order chi connectivity index (χ1) is 10.1.